The van der Waals surface area contributed by atoms with Crippen LogP contribution < -0.4 is 0 Å². The van der Waals surface area contributed by atoms with E-state index in [1.54, 1.807) is 0 Å². The van der Waals surface area contributed by atoms with Gasteiger partial charge in [-0.3, -0.25) is 0 Å². The Hall–Kier alpha value is 0.360. The Morgan fingerprint density at radius 3 is 1.25 bits per heavy atom. The first-order valence-electron chi connectivity index (χ1n) is 6.21. The zero-order valence-corrected chi connectivity index (χ0v) is 17.1. The summed E-state index contributed by atoms with van der Waals surface area (Å²) in [6.07, 6.45) is 0. The molecule has 0 aromatic heterocycles. The highest BCUT2D eigenvalue weighted by atomic mass is 79.9. The fourth-order valence-corrected chi connectivity index (χ4v) is 3.83. The van der Waals surface area contributed by atoms with Crippen molar-refractivity contribution in [3.8, 4) is 11.1 Å². The lowest BCUT2D eigenvalue weighted by Crippen LogP contribution is -1.94. The van der Waals surface area contributed by atoms with Gasteiger partial charge in [0.15, 0.2) is 0 Å². The summed E-state index contributed by atoms with van der Waals surface area (Å²) in [5.74, 6) is 0. The van der Waals surface area contributed by atoms with Crippen molar-refractivity contribution in [2.45, 2.75) is 21.3 Å². The minimum absolute atomic E-state index is 0.866. The number of rotatable bonds is 5. The van der Waals surface area contributed by atoms with E-state index in [2.05, 4.69) is 100 Å². The molecule has 0 aliphatic carbocycles. The predicted molar refractivity (Wildman–Crippen MR) is 102 cm³/mol. The first-order chi connectivity index (χ1) is 9.73. The van der Waals surface area contributed by atoms with Gasteiger partial charge in [-0.1, -0.05) is 100 Å². The molecule has 4 heteroatoms. The highest BCUT2D eigenvalue weighted by molar-refractivity contribution is 9.09. The standard InChI is InChI=1S/C16H14Br4/c17-7-11-1-3-15(13(5-11)9-19)16-4-2-12(8-18)6-14(16)10-20/h1-6H,7-10H2. The molecule has 2 aromatic rings. The molecule has 0 aliphatic rings. The van der Waals surface area contributed by atoms with Gasteiger partial charge < -0.3 is 0 Å². The van der Waals surface area contributed by atoms with Gasteiger partial charge in [0.2, 0.25) is 0 Å². The molecule has 0 bridgehead atoms. The van der Waals surface area contributed by atoms with Gasteiger partial charge in [-0.15, -0.1) is 0 Å². The molecule has 0 N–H and O–H groups in total. The highest BCUT2D eigenvalue weighted by Crippen LogP contribution is 2.32. The molecule has 2 aromatic carbocycles. The molecule has 0 saturated heterocycles. The van der Waals surface area contributed by atoms with Crippen LogP contribution in [0.25, 0.3) is 11.1 Å². The van der Waals surface area contributed by atoms with E-state index >= 15 is 0 Å². The fraction of sp³-hybridized carbons (Fsp3) is 0.250. The van der Waals surface area contributed by atoms with Gasteiger partial charge in [0.1, 0.15) is 0 Å². The summed E-state index contributed by atoms with van der Waals surface area (Å²) in [4.78, 5) is 0. The Morgan fingerprint density at radius 2 is 0.950 bits per heavy atom. The molecule has 0 spiro atoms. The normalized spacial score (nSPS) is 10.8. The van der Waals surface area contributed by atoms with Crippen LogP contribution in [0.1, 0.15) is 22.3 Å². The molecule has 0 radical (unpaired) electrons. The van der Waals surface area contributed by atoms with Crippen molar-refractivity contribution in [2.24, 2.45) is 0 Å². The average molecular weight is 526 g/mol. The van der Waals surface area contributed by atoms with E-state index in [1.807, 2.05) is 0 Å². The molecular formula is C16H14Br4. The quantitative estimate of drug-likeness (QED) is 0.371. The molecule has 0 unspecified atom stereocenters. The number of hydrogen-bond acceptors (Lipinski definition) is 0. The molecule has 0 saturated carbocycles. The van der Waals surface area contributed by atoms with Gasteiger partial charge >= 0.3 is 0 Å². The molecule has 2 rings (SSSR count). The van der Waals surface area contributed by atoms with Crippen molar-refractivity contribution in [3.63, 3.8) is 0 Å². The molecular weight excluding hydrogens is 512 g/mol. The smallest absolute Gasteiger partial charge is 0.0289 e. The summed E-state index contributed by atoms with van der Waals surface area (Å²) >= 11 is 14.3. The van der Waals surface area contributed by atoms with Gasteiger partial charge in [0, 0.05) is 21.3 Å². The third-order valence-electron chi connectivity index (χ3n) is 3.23. The lowest BCUT2D eigenvalue weighted by atomic mass is 9.94. The molecule has 0 nitrogen and oxygen atoms in total. The van der Waals surface area contributed by atoms with Crippen molar-refractivity contribution < 1.29 is 0 Å². The molecule has 0 aliphatic heterocycles. The Balaban J connectivity index is 2.55. The summed E-state index contributed by atoms with van der Waals surface area (Å²) in [5.41, 5.74) is 7.89. The van der Waals surface area contributed by atoms with E-state index in [-0.39, 0.29) is 0 Å². The Bertz CT molecular complexity index is 540. The Morgan fingerprint density at radius 1 is 0.550 bits per heavy atom. The van der Waals surface area contributed by atoms with E-state index in [0.29, 0.717) is 0 Å². The van der Waals surface area contributed by atoms with E-state index in [1.165, 1.54) is 33.4 Å². The van der Waals surface area contributed by atoms with Crippen LogP contribution in [0.2, 0.25) is 0 Å². The van der Waals surface area contributed by atoms with Crippen LogP contribution in [0.4, 0.5) is 0 Å². The van der Waals surface area contributed by atoms with Crippen molar-refractivity contribution in [1.29, 1.82) is 0 Å². The van der Waals surface area contributed by atoms with Crippen LogP contribution in [0.3, 0.4) is 0 Å². The first kappa shape index (κ1) is 16.7. The lowest BCUT2D eigenvalue weighted by Gasteiger charge is -2.14. The van der Waals surface area contributed by atoms with E-state index in [0.717, 1.165) is 21.3 Å². The first-order valence-corrected chi connectivity index (χ1v) is 10.7. The fourth-order valence-electron chi connectivity index (χ4n) is 2.21. The van der Waals surface area contributed by atoms with Crippen molar-refractivity contribution >= 4 is 63.7 Å². The van der Waals surface area contributed by atoms with Crippen LogP contribution in [0.15, 0.2) is 36.4 Å². The topological polar surface area (TPSA) is 0 Å². The summed E-state index contributed by atoms with van der Waals surface area (Å²) < 4.78 is 0. The second kappa shape index (κ2) is 8.11. The average Bonchev–Trinajstić information content (AvgIpc) is 2.53. The Kier molecular flexibility index (Phi) is 6.79. The van der Waals surface area contributed by atoms with Gasteiger partial charge in [0.25, 0.3) is 0 Å². The zero-order valence-electron chi connectivity index (χ0n) is 10.8. The maximum absolute atomic E-state index is 3.61. The van der Waals surface area contributed by atoms with Crippen LogP contribution in [-0.4, -0.2) is 0 Å². The number of alkyl halides is 4. The lowest BCUT2D eigenvalue weighted by molar-refractivity contribution is 1.31. The van der Waals surface area contributed by atoms with Crippen LogP contribution in [0, 0.1) is 0 Å². The summed E-state index contributed by atoms with van der Waals surface area (Å²) in [5, 5.41) is 3.51. The highest BCUT2D eigenvalue weighted by Gasteiger charge is 2.10. The van der Waals surface area contributed by atoms with Crippen molar-refractivity contribution in [1.82, 2.24) is 0 Å². The minimum atomic E-state index is 0.866. The van der Waals surface area contributed by atoms with Gasteiger partial charge in [-0.25, -0.2) is 0 Å². The maximum atomic E-state index is 3.61. The number of benzene rings is 2. The largest absolute Gasteiger partial charge is 0.0876 e. The monoisotopic (exact) mass is 522 g/mol. The molecule has 20 heavy (non-hydrogen) atoms. The minimum Gasteiger partial charge on any atom is -0.0876 e. The van der Waals surface area contributed by atoms with Crippen molar-refractivity contribution in [3.05, 3.63) is 58.7 Å². The summed E-state index contributed by atoms with van der Waals surface area (Å²) in [6.45, 7) is 0. The van der Waals surface area contributed by atoms with Crippen molar-refractivity contribution in [2.75, 3.05) is 0 Å². The van der Waals surface area contributed by atoms with Gasteiger partial charge in [-0.05, 0) is 33.4 Å². The number of halogens is 4. The van der Waals surface area contributed by atoms with E-state index < -0.39 is 0 Å². The van der Waals surface area contributed by atoms with Crippen LogP contribution in [-0.2, 0) is 21.3 Å². The SMILES string of the molecule is BrCc1ccc(-c2ccc(CBr)cc2CBr)c(CBr)c1. The van der Waals surface area contributed by atoms with E-state index in [4.69, 9.17) is 0 Å². The number of hydrogen-bond donors (Lipinski definition) is 0. The summed E-state index contributed by atoms with van der Waals surface area (Å²) in [6, 6.07) is 13.3. The van der Waals surface area contributed by atoms with Gasteiger partial charge in [-0.2, -0.15) is 0 Å². The predicted octanol–water partition coefficient (Wildman–Crippen LogP) is 6.93. The van der Waals surface area contributed by atoms with Crippen LogP contribution in [0.5, 0.6) is 0 Å². The second-order valence-corrected chi connectivity index (χ2v) is 6.76. The molecule has 0 fully saturated rings. The van der Waals surface area contributed by atoms with E-state index in [9.17, 15) is 0 Å². The third kappa shape index (κ3) is 3.76. The third-order valence-corrected chi connectivity index (χ3v) is 5.73. The molecule has 0 atom stereocenters. The molecule has 106 valence electrons. The molecule has 0 heterocycles. The zero-order chi connectivity index (χ0) is 14.5. The molecule has 0 amide bonds. The van der Waals surface area contributed by atoms with Gasteiger partial charge in [0.05, 0.1) is 0 Å². The van der Waals surface area contributed by atoms with Crippen LogP contribution >= 0.6 is 63.7 Å². The summed E-state index contributed by atoms with van der Waals surface area (Å²) in [7, 11) is 0. The second-order valence-electron chi connectivity index (χ2n) is 4.52. The maximum Gasteiger partial charge on any atom is 0.0289 e. The Labute approximate surface area is 153 Å².